The molecule has 3 aromatic rings. The van der Waals surface area contributed by atoms with Gasteiger partial charge in [-0.15, -0.1) is 5.10 Å². The number of amides is 1. The molecule has 1 aliphatic carbocycles. The highest BCUT2D eigenvalue weighted by atomic mass is 32.2. The van der Waals surface area contributed by atoms with Crippen molar-refractivity contribution in [1.82, 2.24) is 19.2 Å². The van der Waals surface area contributed by atoms with Crippen LogP contribution in [0.3, 0.4) is 0 Å². The first kappa shape index (κ1) is 26.8. The Morgan fingerprint density at radius 2 is 1.89 bits per heavy atom. The van der Waals surface area contributed by atoms with Crippen LogP contribution >= 0.6 is 11.5 Å². The highest BCUT2D eigenvalue weighted by Gasteiger charge is 2.54. The van der Waals surface area contributed by atoms with E-state index in [1.165, 1.54) is 9.69 Å². The van der Waals surface area contributed by atoms with Crippen molar-refractivity contribution in [2.24, 2.45) is 0 Å². The van der Waals surface area contributed by atoms with Crippen LogP contribution in [0.25, 0.3) is 0 Å². The van der Waals surface area contributed by atoms with Gasteiger partial charge in [0.2, 0.25) is 10.0 Å². The standard InChI is InChI=1S/C26H28F2N4O4S2/c1-16-8-9-23(17-6-4-3-5-7-17)38(35,36)32(16)12-18-10-21(28)19(11-20(18)27)26(14-25(2,34)15-26)29-24(33)22-13-37-31-30-22/h3-7,10-11,13,16,23,34H,8-9,12,14-15H2,1-2H3,(H,29,33)/t16-,23+,25-,26-/m0/s1. The summed E-state index contributed by atoms with van der Waals surface area (Å²) in [6, 6.07) is 10.5. The Bertz CT molecular complexity index is 1440. The summed E-state index contributed by atoms with van der Waals surface area (Å²) >= 11 is 0.979. The van der Waals surface area contributed by atoms with Gasteiger partial charge in [0.15, 0.2) is 5.69 Å². The predicted octanol–water partition coefficient (Wildman–Crippen LogP) is 4.04. The zero-order valence-electron chi connectivity index (χ0n) is 20.9. The first-order valence-electron chi connectivity index (χ1n) is 12.3. The van der Waals surface area contributed by atoms with Gasteiger partial charge in [-0.2, -0.15) is 4.31 Å². The van der Waals surface area contributed by atoms with Crippen LogP contribution in [-0.4, -0.2) is 45.0 Å². The second kappa shape index (κ2) is 9.74. The van der Waals surface area contributed by atoms with Crippen LogP contribution in [0.1, 0.15) is 72.0 Å². The molecule has 2 aromatic carbocycles. The molecule has 2 heterocycles. The van der Waals surface area contributed by atoms with E-state index < -0.39 is 44.0 Å². The number of aliphatic hydroxyl groups is 1. The van der Waals surface area contributed by atoms with Gasteiger partial charge in [0.05, 0.1) is 11.1 Å². The van der Waals surface area contributed by atoms with Crippen molar-refractivity contribution in [3.05, 3.63) is 81.9 Å². The van der Waals surface area contributed by atoms with Crippen molar-refractivity contribution >= 4 is 27.5 Å². The lowest BCUT2D eigenvalue weighted by molar-refractivity contribution is -0.0863. The number of nitrogens with zero attached hydrogens (tertiary/aromatic N) is 3. The minimum absolute atomic E-state index is 0.0324. The molecular formula is C26H28F2N4O4S2. The Balaban J connectivity index is 1.45. The number of benzene rings is 2. The third kappa shape index (κ3) is 4.86. The van der Waals surface area contributed by atoms with Crippen molar-refractivity contribution in [2.45, 2.75) is 68.5 Å². The summed E-state index contributed by atoms with van der Waals surface area (Å²) in [5.41, 5.74) is -2.05. The number of carbonyl (C=O) groups is 1. The third-order valence-electron chi connectivity index (χ3n) is 7.48. The summed E-state index contributed by atoms with van der Waals surface area (Å²) in [7, 11) is -3.84. The van der Waals surface area contributed by atoms with E-state index in [-0.39, 0.29) is 42.2 Å². The monoisotopic (exact) mass is 562 g/mol. The van der Waals surface area contributed by atoms with Gasteiger partial charge < -0.3 is 10.4 Å². The highest BCUT2D eigenvalue weighted by molar-refractivity contribution is 7.89. The summed E-state index contributed by atoms with van der Waals surface area (Å²) in [4.78, 5) is 12.7. The summed E-state index contributed by atoms with van der Waals surface area (Å²) in [6.07, 6.45) is 0.956. The van der Waals surface area contributed by atoms with Crippen LogP contribution in [0.2, 0.25) is 0 Å². The maximum atomic E-state index is 15.6. The number of nitrogens with one attached hydrogen (secondary N) is 1. The molecule has 12 heteroatoms. The Kier molecular flexibility index (Phi) is 6.87. The predicted molar refractivity (Wildman–Crippen MR) is 138 cm³/mol. The first-order chi connectivity index (χ1) is 17.9. The Morgan fingerprint density at radius 1 is 1.18 bits per heavy atom. The SMILES string of the molecule is C[C@H]1CC[C@H](c2ccccc2)S(=O)(=O)N1Cc1cc(F)c([C@]2(NC(=O)c3csnn3)C[C@](C)(O)C2)cc1F. The first-order valence-corrected chi connectivity index (χ1v) is 14.6. The molecule has 8 nitrogen and oxygen atoms in total. The zero-order chi connectivity index (χ0) is 27.3. The largest absolute Gasteiger partial charge is 0.390 e. The number of sulfonamides is 1. The second-order valence-electron chi connectivity index (χ2n) is 10.5. The molecule has 2 N–H and O–H groups in total. The lowest BCUT2D eigenvalue weighted by Gasteiger charge is -2.52. The van der Waals surface area contributed by atoms with E-state index in [1.54, 1.807) is 38.1 Å². The number of aromatic nitrogens is 2. The molecule has 1 amide bonds. The number of hydrogen-bond donors (Lipinski definition) is 2. The number of rotatable bonds is 6. The molecule has 202 valence electrons. The minimum atomic E-state index is -3.84. The molecule has 0 spiro atoms. The summed E-state index contributed by atoms with van der Waals surface area (Å²) in [6.45, 7) is 2.99. The van der Waals surface area contributed by atoms with E-state index in [9.17, 15) is 18.3 Å². The van der Waals surface area contributed by atoms with Gasteiger partial charge in [-0.25, -0.2) is 17.2 Å². The van der Waals surface area contributed by atoms with Crippen LogP contribution in [0, 0.1) is 11.6 Å². The van der Waals surface area contributed by atoms with Crippen molar-refractivity contribution in [3.63, 3.8) is 0 Å². The molecule has 1 saturated heterocycles. The molecule has 5 rings (SSSR count). The van der Waals surface area contributed by atoms with E-state index >= 15 is 8.78 Å². The van der Waals surface area contributed by atoms with Crippen LogP contribution in [0.15, 0.2) is 47.8 Å². The van der Waals surface area contributed by atoms with E-state index in [0.717, 1.165) is 23.7 Å². The fraction of sp³-hybridized carbons (Fsp3) is 0.423. The van der Waals surface area contributed by atoms with Gasteiger partial charge in [0, 0.05) is 41.9 Å². The number of hydrogen-bond acceptors (Lipinski definition) is 7. The normalized spacial score (nSPS) is 29.0. The van der Waals surface area contributed by atoms with E-state index in [4.69, 9.17) is 0 Å². The average molecular weight is 563 g/mol. The van der Waals surface area contributed by atoms with Crippen molar-refractivity contribution in [3.8, 4) is 0 Å². The zero-order valence-corrected chi connectivity index (χ0v) is 22.5. The van der Waals surface area contributed by atoms with Crippen LogP contribution in [0.4, 0.5) is 8.78 Å². The van der Waals surface area contributed by atoms with Gasteiger partial charge in [-0.3, -0.25) is 4.79 Å². The van der Waals surface area contributed by atoms with E-state index in [0.29, 0.717) is 18.4 Å². The number of halogens is 2. The molecule has 2 aliphatic rings. The second-order valence-corrected chi connectivity index (χ2v) is 13.2. The van der Waals surface area contributed by atoms with Gasteiger partial charge in [-0.1, -0.05) is 34.8 Å². The highest BCUT2D eigenvalue weighted by Crippen LogP contribution is 2.49. The lowest BCUT2D eigenvalue weighted by Crippen LogP contribution is -2.62. The van der Waals surface area contributed by atoms with Gasteiger partial charge in [0.25, 0.3) is 5.91 Å². The maximum absolute atomic E-state index is 15.6. The Labute approximate surface area is 223 Å². The van der Waals surface area contributed by atoms with Crippen molar-refractivity contribution in [2.75, 3.05) is 0 Å². The molecule has 2 fully saturated rings. The quantitative estimate of drug-likeness (QED) is 0.469. The Morgan fingerprint density at radius 3 is 2.53 bits per heavy atom. The fourth-order valence-electron chi connectivity index (χ4n) is 5.74. The third-order valence-corrected chi connectivity index (χ3v) is 10.4. The van der Waals surface area contributed by atoms with Crippen LogP contribution in [0.5, 0.6) is 0 Å². The summed E-state index contributed by atoms with van der Waals surface area (Å²) in [5.74, 6) is -2.20. The molecule has 1 aromatic heterocycles. The molecule has 0 radical (unpaired) electrons. The molecule has 0 unspecified atom stereocenters. The summed E-state index contributed by atoms with van der Waals surface area (Å²) in [5, 5.41) is 17.5. The summed E-state index contributed by atoms with van der Waals surface area (Å²) < 4.78 is 63.0. The maximum Gasteiger partial charge on any atom is 0.273 e. The van der Waals surface area contributed by atoms with E-state index in [2.05, 4.69) is 14.9 Å². The van der Waals surface area contributed by atoms with E-state index in [1.807, 2.05) is 6.07 Å². The Hall–Kier alpha value is -2.80. The average Bonchev–Trinajstić information content (AvgIpc) is 3.38. The molecule has 38 heavy (non-hydrogen) atoms. The van der Waals surface area contributed by atoms with Crippen molar-refractivity contribution in [1.29, 1.82) is 0 Å². The van der Waals surface area contributed by atoms with Gasteiger partial charge in [0.1, 0.15) is 16.9 Å². The minimum Gasteiger partial charge on any atom is -0.390 e. The lowest BCUT2D eigenvalue weighted by atomic mass is 9.62. The fourth-order valence-corrected chi connectivity index (χ4v) is 8.36. The van der Waals surface area contributed by atoms with Crippen molar-refractivity contribution < 1.29 is 27.1 Å². The molecule has 1 saturated carbocycles. The topological polar surface area (TPSA) is 112 Å². The molecule has 2 atom stereocenters. The van der Waals surface area contributed by atoms with Crippen LogP contribution in [-0.2, 0) is 22.1 Å². The van der Waals surface area contributed by atoms with Crippen LogP contribution < -0.4 is 5.32 Å². The van der Waals surface area contributed by atoms with Gasteiger partial charge in [-0.05, 0) is 55.9 Å². The molecular weight excluding hydrogens is 534 g/mol. The smallest absolute Gasteiger partial charge is 0.273 e. The molecule has 1 aliphatic heterocycles. The molecule has 0 bridgehead atoms. The van der Waals surface area contributed by atoms with Gasteiger partial charge >= 0.3 is 0 Å². The number of carbonyl (C=O) groups excluding carboxylic acids is 1.